The number of hydrogen-bond donors (Lipinski definition) is 0. The van der Waals surface area contributed by atoms with Crippen LogP contribution < -0.4 is 0 Å². The summed E-state index contributed by atoms with van der Waals surface area (Å²) in [5.41, 5.74) is 0. The zero-order chi connectivity index (χ0) is 4.12. The average Bonchev–Trinajstić information content (AvgIpc) is 1.41. The van der Waals surface area contributed by atoms with Crippen molar-refractivity contribution in [2.75, 3.05) is 0 Å². The standard InChI is InChI=1S/C3H5OSi/c4-2-1-3-5/h2H,1,3H2. The molecule has 5 heavy (non-hydrogen) atoms. The predicted octanol–water partition coefficient (Wildman–Crippen LogP) is 0.162. The van der Waals surface area contributed by atoms with Crippen LogP contribution in [0.1, 0.15) is 6.42 Å². The van der Waals surface area contributed by atoms with Crippen LogP contribution >= 0.6 is 0 Å². The summed E-state index contributed by atoms with van der Waals surface area (Å²) in [5, 5.41) is 0. The molecule has 0 saturated heterocycles. The summed E-state index contributed by atoms with van der Waals surface area (Å²) >= 11 is 0. The molecule has 0 amide bonds. The lowest BCUT2D eigenvalue weighted by molar-refractivity contribution is -0.107. The van der Waals surface area contributed by atoms with Gasteiger partial charge in [0.25, 0.3) is 0 Å². The summed E-state index contributed by atoms with van der Waals surface area (Å²) in [6, 6.07) is 0.781. The fourth-order valence-electron chi connectivity index (χ4n) is 0.0589. The SMILES string of the molecule is O=CCC[Si]. The van der Waals surface area contributed by atoms with Gasteiger partial charge in [0.2, 0.25) is 0 Å². The van der Waals surface area contributed by atoms with Crippen molar-refractivity contribution in [3.05, 3.63) is 0 Å². The van der Waals surface area contributed by atoms with E-state index in [4.69, 9.17) is 0 Å². The summed E-state index contributed by atoms with van der Waals surface area (Å²) in [5.74, 6) is 0. The molecule has 0 atom stereocenters. The first kappa shape index (κ1) is 4.89. The van der Waals surface area contributed by atoms with Crippen molar-refractivity contribution in [2.45, 2.75) is 12.5 Å². The van der Waals surface area contributed by atoms with E-state index in [1.54, 1.807) is 0 Å². The fourth-order valence-corrected chi connectivity index (χ4v) is 0.177. The van der Waals surface area contributed by atoms with Gasteiger partial charge in [0.15, 0.2) is 0 Å². The molecule has 0 aromatic heterocycles. The Labute approximate surface area is 34.8 Å². The van der Waals surface area contributed by atoms with Crippen LogP contribution in [0.3, 0.4) is 0 Å². The largest absolute Gasteiger partial charge is 0.303 e. The van der Waals surface area contributed by atoms with Crippen molar-refractivity contribution in [1.29, 1.82) is 0 Å². The van der Waals surface area contributed by atoms with E-state index in [1.165, 1.54) is 0 Å². The minimum absolute atomic E-state index is 0.622. The zero-order valence-electron chi connectivity index (χ0n) is 2.90. The molecule has 27 valence electrons. The minimum atomic E-state index is 0.622. The van der Waals surface area contributed by atoms with Crippen LogP contribution in [0.4, 0.5) is 0 Å². The normalized spacial score (nSPS) is 7.40. The third kappa shape index (κ3) is 3.89. The van der Waals surface area contributed by atoms with E-state index >= 15 is 0 Å². The molecule has 0 heterocycles. The van der Waals surface area contributed by atoms with E-state index in [-0.39, 0.29) is 0 Å². The van der Waals surface area contributed by atoms with Gasteiger partial charge in [0, 0.05) is 16.7 Å². The molecule has 0 aliphatic rings. The highest BCUT2D eigenvalue weighted by molar-refractivity contribution is 6.09. The summed E-state index contributed by atoms with van der Waals surface area (Å²) < 4.78 is 0. The van der Waals surface area contributed by atoms with Crippen LogP contribution in [-0.2, 0) is 4.79 Å². The second kappa shape index (κ2) is 3.89. The average molecular weight is 85.2 g/mol. The molecule has 0 aliphatic heterocycles. The van der Waals surface area contributed by atoms with Gasteiger partial charge >= 0.3 is 0 Å². The molecule has 0 aromatic carbocycles. The highest BCUT2D eigenvalue weighted by atomic mass is 28.1. The first-order valence-corrected chi connectivity index (χ1v) is 2.20. The van der Waals surface area contributed by atoms with E-state index in [0.29, 0.717) is 6.42 Å². The molecule has 0 saturated carbocycles. The van der Waals surface area contributed by atoms with Gasteiger partial charge < -0.3 is 4.79 Å². The number of aldehydes is 1. The van der Waals surface area contributed by atoms with Crippen LogP contribution in [0.25, 0.3) is 0 Å². The second-order valence-electron chi connectivity index (χ2n) is 0.705. The van der Waals surface area contributed by atoms with Gasteiger partial charge in [0.05, 0.1) is 0 Å². The number of carbonyl (C=O) groups excluding carboxylic acids is 1. The Morgan fingerprint density at radius 1 is 1.80 bits per heavy atom. The highest BCUT2D eigenvalue weighted by Gasteiger charge is 1.67. The lowest BCUT2D eigenvalue weighted by Gasteiger charge is -1.67. The Balaban J connectivity index is 2.40. The summed E-state index contributed by atoms with van der Waals surface area (Å²) in [7, 11) is 3.12. The van der Waals surface area contributed by atoms with Gasteiger partial charge in [-0.05, 0) is 0 Å². The molecular weight excluding hydrogens is 80.1 g/mol. The lowest BCUT2D eigenvalue weighted by atomic mass is 10.6. The monoisotopic (exact) mass is 85.0 g/mol. The zero-order valence-corrected chi connectivity index (χ0v) is 3.90. The van der Waals surface area contributed by atoms with Crippen molar-refractivity contribution in [3.63, 3.8) is 0 Å². The molecule has 0 bridgehead atoms. The van der Waals surface area contributed by atoms with Crippen LogP contribution in [-0.4, -0.2) is 16.5 Å². The van der Waals surface area contributed by atoms with Gasteiger partial charge in [-0.3, -0.25) is 0 Å². The van der Waals surface area contributed by atoms with Crippen molar-refractivity contribution in [2.24, 2.45) is 0 Å². The van der Waals surface area contributed by atoms with Crippen molar-refractivity contribution >= 4 is 16.5 Å². The Hall–Kier alpha value is -0.113. The van der Waals surface area contributed by atoms with Gasteiger partial charge in [-0.25, -0.2) is 0 Å². The lowest BCUT2D eigenvalue weighted by Crippen LogP contribution is -1.68. The molecule has 1 nitrogen and oxygen atoms in total. The van der Waals surface area contributed by atoms with E-state index in [9.17, 15) is 4.79 Å². The number of rotatable bonds is 2. The minimum Gasteiger partial charge on any atom is -0.303 e. The van der Waals surface area contributed by atoms with Crippen molar-refractivity contribution in [3.8, 4) is 0 Å². The maximum atomic E-state index is 9.37. The van der Waals surface area contributed by atoms with Crippen LogP contribution in [0.5, 0.6) is 0 Å². The van der Waals surface area contributed by atoms with Crippen LogP contribution in [0.15, 0.2) is 0 Å². The highest BCUT2D eigenvalue weighted by Crippen LogP contribution is 1.71. The molecule has 0 N–H and O–H groups in total. The molecule has 0 rings (SSSR count). The Morgan fingerprint density at radius 2 is 2.40 bits per heavy atom. The summed E-state index contributed by atoms with van der Waals surface area (Å²) in [6.45, 7) is 0. The van der Waals surface area contributed by atoms with E-state index in [0.717, 1.165) is 12.3 Å². The number of hydrogen-bond acceptors (Lipinski definition) is 1. The Morgan fingerprint density at radius 3 is 2.40 bits per heavy atom. The molecule has 0 spiro atoms. The first-order valence-electron chi connectivity index (χ1n) is 1.50. The molecule has 0 aromatic rings. The third-order valence-electron chi connectivity index (χ3n) is 0.262. The van der Waals surface area contributed by atoms with Gasteiger partial charge in [-0.15, -0.1) is 0 Å². The van der Waals surface area contributed by atoms with Crippen molar-refractivity contribution < 1.29 is 4.79 Å². The fraction of sp³-hybridized carbons (Fsp3) is 0.667. The topological polar surface area (TPSA) is 17.1 Å². The summed E-state index contributed by atoms with van der Waals surface area (Å²) in [6.07, 6.45) is 1.50. The Bertz CT molecular complexity index is 28.1. The quantitative estimate of drug-likeness (QED) is 0.345. The van der Waals surface area contributed by atoms with Crippen LogP contribution in [0, 0.1) is 0 Å². The molecule has 3 radical (unpaired) electrons. The smallest absolute Gasteiger partial charge is 0.119 e. The van der Waals surface area contributed by atoms with Gasteiger partial charge in [-0.1, -0.05) is 6.04 Å². The molecule has 0 fully saturated rings. The Kier molecular flexibility index (Phi) is 3.80. The number of carbonyl (C=O) groups is 1. The van der Waals surface area contributed by atoms with E-state index < -0.39 is 0 Å². The molecule has 0 aliphatic carbocycles. The third-order valence-corrected chi connectivity index (χ3v) is 0.551. The predicted molar refractivity (Wildman–Crippen MR) is 21.2 cm³/mol. The van der Waals surface area contributed by atoms with Crippen molar-refractivity contribution in [1.82, 2.24) is 0 Å². The molecule has 2 heteroatoms. The van der Waals surface area contributed by atoms with Gasteiger partial charge in [-0.2, -0.15) is 0 Å². The summed E-state index contributed by atoms with van der Waals surface area (Å²) in [4.78, 5) is 9.37. The van der Waals surface area contributed by atoms with E-state index in [2.05, 4.69) is 10.2 Å². The first-order chi connectivity index (χ1) is 2.41. The second-order valence-corrected chi connectivity index (χ2v) is 1.21. The maximum Gasteiger partial charge on any atom is 0.119 e. The maximum absolute atomic E-state index is 9.37. The molecule has 0 unspecified atom stereocenters. The van der Waals surface area contributed by atoms with Gasteiger partial charge in [0.1, 0.15) is 6.29 Å². The molecular formula is C3H5OSi. The van der Waals surface area contributed by atoms with E-state index in [1.807, 2.05) is 0 Å². The van der Waals surface area contributed by atoms with Crippen LogP contribution in [0.2, 0.25) is 6.04 Å².